The zero-order valence-corrected chi connectivity index (χ0v) is 9.08. The molecule has 0 bridgehead atoms. The fourth-order valence-electron chi connectivity index (χ4n) is 0.951. The van der Waals surface area contributed by atoms with Crippen molar-refractivity contribution in [2.75, 3.05) is 5.32 Å². The maximum absolute atomic E-state index is 10.7. The van der Waals surface area contributed by atoms with Gasteiger partial charge in [-0.1, -0.05) is 23.8 Å². The van der Waals surface area contributed by atoms with E-state index in [1.807, 2.05) is 6.92 Å². The van der Waals surface area contributed by atoms with Crippen molar-refractivity contribution in [2.45, 2.75) is 6.92 Å². The number of hydrogen-bond acceptors (Lipinski definition) is 2. The molecule has 0 aliphatic carbocycles. The van der Waals surface area contributed by atoms with E-state index in [0.717, 1.165) is 11.3 Å². The third-order valence-corrected chi connectivity index (χ3v) is 2.20. The van der Waals surface area contributed by atoms with E-state index >= 15 is 0 Å². The first-order chi connectivity index (χ1) is 6.50. The van der Waals surface area contributed by atoms with E-state index in [1.54, 1.807) is 18.2 Å². The highest BCUT2D eigenvalue weighted by Gasteiger charge is 2.05. The molecule has 74 valence electrons. The largest absolute Gasteiger partial charge is 0.364 e. The van der Waals surface area contributed by atoms with Gasteiger partial charge in [0, 0.05) is 10.7 Å². The van der Waals surface area contributed by atoms with E-state index in [2.05, 4.69) is 5.32 Å². The van der Waals surface area contributed by atoms with Crippen molar-refractivity contribution in [1.82, 2.24) is 0 Å². The van der Waals surface area contributed by atoms with Gasteiger partial charge in [0.25, 0.3) is 5.91 Å². The first-order valence-electron chi connectivity index (χ1n) is 3.87. The summed E-state index contributed by atoms with van der Waals surface area (Å²) in [4.78, 5) is 10.7. The lowest BCUT2D eigenvalue weighted by Crippen LogP contribution is -2.28. The summed E-state index contributed by atoms with van der Waals surface area (Å²) >= 11 is 10.5. The number of primary amides is 1. The summed E-state index contributed by atoms with van der Waals surface area (Å²) in [5, 5.41) is 3.37. The predicted octanol–water partition coefficient (Wildman–Crippen LogP) is 1.87. The van der Waals surface area contributed by atoms with Gasteiger partial charge in [-0.2, -0.15) is 0 Å². The van der Waals surface area contributed by atoms with Crippen LogP contribution in [0, 0.1) is 6.92 Å². The van der Waals surface area contributed by atoms with Crippen LogP contribution < -0.4 is 11.1 Å². The zero-order chi connectivity index (χ0) is 10.7. The summed E-state index contributed by atoms with van der Waals surface area (Å²) in [5.41, 5.74) is 6.63. The van der Waals surface area contributed by atoms with Crippen LogP contribution in [0.2, 0.25) is 5.02 Å². The average molecular weight is 229 g/mol. The van der Waals surface area contributed by atoms with Crippen LogP contribution in [0.25, 0.3) is 0 Å². The number of nitrogens with two attached hydrogens (primary N) is 1. The molecule has 0 unspecified atom stereocenters. The lowest BCUT2D eigenvalue weighted by atomic mass is 10.2. The number of anilines is 1. The van der Waals surface area contributed by atoms with Gasteiger partial charge in [-0.05, 0) is 30.7 Å². The molecule has 3 nitrogen and oxygen atoms in total. The van der Waals surface area contributed by atoms with Crippen LogP contribution in [0.15, 0.2) is 18.2 Å². The third-order valence-electron chi connectivity index (χ3n) is 1.66. The number of benzene rings is 1. The molecule has 0 fully saturated rings. The number of amides is 1. The van der Waals surface area contributed by atoms with Crippen molar-refractivity contribution in [3.05, 3.63) is 28.8 Å². The van der Waals surface area contributed by atoms with E-state index in [0.29, 0.717) is 5.02 Å². The van der Waals surface area contributed by atoms with Crippen LogP contribution in [0.5, 0.6) is 0 Å². The Morgan fingerprint density at radius 3 is 2.71 bits per heavy atom. The quantitative estimate of drug-likeness (QED) is 0.722. The fourth-order valence-corrected chi connectivity index (χ4v) is 1.29. The van der Waals surface area contributed by atoms with Crippen molar-refractivity contribution < 1.29 is 4.79 Å². The molecule has 14 heavy (non-hydrogen) atoms. The SMILES string of the molecule is Cc1cc(Cl)ccc1NC(=S)C(N)=O. The van der Waals surface area contributed by atoms with Crippen molar-refractivity contribution >= 4 is 40.4 Å². The maximum atomic E-state index is 10.7. The average Bonchev–Trinajstić information content (AvgIpc) is 2.09. The Morgan fingerprint density at radius 2 is 2.21 bits per heavy atom. The Balaban J connectivity index is 2.87. The summed E-state index contributed by atoms with van der Waals surface area (Å²) in [6, 6.07) is 5.22. The molecule has 0 heterocycles. The lowest BCUT2D eigenvalue weighted by Gasteiger charge is -2.08. The number of rotatable bonds is 1. The summed E-state index contributed by atoms with van der Waals surface area (Å²) in [5.74, 6) is -0.644. The van der Waals surface area contributed by atoms with Gasteiger partial charge < -0.3 is 11.1 Å². The normalized spacial score (nSPS) is 9.57. The van der Waals surface area contributed by atoms with Crippen LogP contribution in [-0.4, -0.2) is 10.9 Å². The Bertz CT molecular complexity index is 392. The minimum absolute atomic E-state index is 0.00424. The van der Waals surface area contributed by atoms with Gasteiger partial charge in [0.2, 0.25) is 0 Å². The Kier molecular flexibility index (Phi) is 3.43. The second kappa shape index (κ2) is 4.39. The number of thiocarbonyl (C=S) groups is 1. The summed E-state index contributed by atoms with van der Waals surface area (Å²) < 4.78 is 0. The Morgan fingerprint density at radius 1 is 1.57 bits per heavy atom. The molecule has 0 aliphatic rings. The molecule has 1 amide bonds. The number of aryl methyl sites for hydroxylation is 1. The van der Waals surface area contributed by atoms with Crippen LogP contribution in [-0.2, 0) is 4.79 Å². The predicted molar refractivity (Wildman–Crippen MR) is 61.6 cm³/mol. The van der Waals surface area contributed by atoms with E-state index in [9.17, 15) is 4.79 Å². The zero-order valence-electron chi connectivity index (χ0n) is 7.50. The van der Waals surface area contributed by atoms with Crippen LogP contribution in [0.3, 0.4) is 0 Å². The summed E-state index contributed by atoms with van der Waals surface area (Å²) in [7, 11) is 0. The smallest absolute Gasteiger partial charge is 0.276 e. The number of carbonyl (C=O) groups is 1. The molecule has 0 saturated carbocycles. The maximum Gasteiger partial charge on any atom is 0.276 e. The van der Waals surface area contributed by atoms with Crippen LogP contribution >= 0.6 is 23.8 Å². The molecule has 0 radical (unpaired) electrons. The molecule has 0 spiro atoms. The molecule has 0 atom stereocenters. The monoisotopic (exact) mass is 228 g/mol. The Hall–Kier alpha value is -1.13. The van der Waals surface area contributed by atoms with E-state index < -0.39 is 5.91 Å². The van der Waals surface area contributed by atoms with Crippen molar-refractivity contribution in [3.8, 4) is 0 Å². The number of nitrogens with one attached hydrogen (secondary N) is 1. The number of hydrogen-bond donors (Lipinski definition) is 2. The molecule has 1 aromatic carbocycles. The molecule has 3 N–H and O–H groups in total. The standard InChI is InChI=1S/C9H9ClN2OS/c1-5-4-6(10)2-3-7(5)12-9(14)8(11)13/h2-4H,1H3,(H2,11,13)(H,12,14). The highest BCUT2D eigenvalue weighted by molar-refractivity contribution is 7.82. The second-order valence-electron chi connectivity index (χ2n) is 2.78. The lowest BCUT2D eigenvalue weighted by molar-refractivity contribution is -0.111. The third kappa shape index (κ3) is 2.68. The molecule has 1 rings (SSSR count). The highest BCUT2D eigenvalue weighted by Crippen LogP contribution is 2.19. The van der Waals surface area contributed by atoms with E-state index in [-0.39, 0.29) is 4.99 Å². The summed E-state index contributed by atoms with van der Waals surface area (Å²) in [6.45, 7) is 1.86. The minimum Gasteiger partial charge on any atom is -0.364 e. The second-order valence-corrected chi connectivity index (χ2v) is 3.62. The number of halogens is 1. The Labute approximate surface area is 92.2 Å². The van der Waals surface area contributed by atoms with Crippen LogP contribution in [0.1, 0.15) is 5.56 Å². The molecular weight excluding hydrogens is 220 g/mol. The van der Waals surface area contributed by atoms with Crippen molar-refractivity contribution in [2.24, 2.45) is 5.73 Å². The van der Waals surface area contributed by atoms with Crippen LogP contribution in [0.4, 0.5) is 5.69 Å². The van der Waals surface area contributed by atoms with Gasteiger partial charge in [0.1, 0.15) is 0 Å². The van der Waals surface area contributed by atoms with Gasteiger partial charge in [-0.25, -0.2) is 0 Å². The summed E-state index contributed by atoms with van der Waals surface area (Å²) in [6.07, 6.45) is 0. The molecular formula is C9H9ClN2OS. The fraction of sp³-hybridized carbons (Fsp3) is 0.111. The van der Waals surface area contributed by atoms with E-state index in [4.69, 9.17) is 29.6 Å². The van der Waals surface area contributed by atoms with E-state index in [1.165, 1.54) is 0 Å². The first kappa shape index (κ1) is 10.9. The van der Waals surface area contributed by atoms with Gasteiger partial charge in [0.05, 0.1) is 0 Å². The highest BCUT2D eigenvalue weighted by atomic mass is 35.5. The topological polar surface area (TPSA) is 55.1 Å². The minimum atomic E-state index is -0.644. The molecule has 0 aromatic heterocycles. The molecule has 1 aromatic rings. The molecule has 5 heteroatoms. The molecule has 0 saturated heterocycles. The van der Waals surface area contributed by atoms with Gasteiger partial charge >= 0.3 is 0 Å². The van der Waals surface area contributed by atoms with Gasteiger partial charge in [0.15, 0.2) is 4.99 Å². The van der Waals surface area contributed by atoms with Crippen molar-refractivity contribution in [1.29, 1.82) is 0 Å². The first-order valence-corrected chi connectivity index (χ1v) is 4.66. The van der Waals surface area contributed by atoms with Gasteiger partial charge in [-0.15, -0.1) is 0 Å². The molecule has 0 aliphatic heterocycles. The van der Waals surface area contributed by atoms with Crippen molar-refractivity contribution in [3.63, 3.8) is 0 Å². The number of carbonyl (C=O) groups excluding carboxylic acids is 1. The van der Waals surface area contributed by atoms with Gasteiger partial charge in [-0.3, -0.25) is 4.79 Å².